The van der Waals surface area contributed by atoms with Crippen LogP contribution in [0.3, 0.4) is 0 Å². The van der Waals surface area contributed by atoms with Gasteiger partial charge in [-0.05, 0) is 98.7 Å². The summed E-state index contributed by atoms with van der Waals surface area (Å²) in [7, 11) is 1.11. The van der Waals surface area contributed by atoms with E-state index in [1.165, 1.54) is 6.42 Å². The van der Waals surface area contributed by atoms with Crippen LogP contribution in [0, 0.1) is 62.1 Å². The van der Waals surface area contributed by atoms with Crippen molar-refractivity contribution in [3.8, 4) is 0 Å². The average Bonchev–Trinajstić information content (AvgIpc) is 0.748. The zero-order valence-corrected chi connectivity index (χ0v) is 49.9. The first kappa shape index (κ1) is 66.7. The molecular weight excluding hydrogens is 1080 g/mol. The fraction of sp³-hybridized carbons (Fsp3) is 0.881. The lowest BCUT2D eigenvalue weighted by Crippen LogP contribution is -2.76. The van der Waals surface area contributed by atoms with Crippen molar-refractivity contribution in [3.63, 3.8) is 0 Å². The van der Waals surface area contributed by atoms with E-state index in [4.69, 9.17) is 37.9 Å². The summed E-state index contributed by atoms with van der Waals surface area (Å²) < 4.78 is 44.0. The molecule has 0 amide bonds. The van der Waals surface area contributed by atoms with E-state index in [-0.39, 0.29) is 28.8 Å². The molecule has 0 spiro atoms. The van der Waals surface area contributed by atoms with Gasteiger partial charge in [-0.3, -0.25) is 4.79 Å². The third-order valence-electron chi connectivity index (χ3n) is 22.2. The second kappa shape index (κ2) is 24.8. The summed E-state index contributed by atoms with van der Waals surface area (Å²) in [6.45, 7) is 23.8. The fourth-order valence-electron chi connectivity index (χ4n) is 16.1. The van der Waals surface area contributed by atoms with Crippen LogP contribution >= 0.6 is 0 Å². The highest BCUT2D eigenvalue weighted by atomic mass is 16.8. The second-order valence-electron chi connectivity index (χ2n) is 26.9. The molecule has 23 heteroatoms. The van der Waals surface area contributed by atoms with Crippen LogP contribution in [0.2, 0.25) is 0 Å². The summed E-state index contributed by atoms with van der Waals surface area (Å²) >= 11 is 0. The number of ether oxygens (including phenoxy) is 8. The third kappa shape index (κ3) is 11.0. The van der Waals surface area contributed by atoms with Crippen molar-refractivity contribution in [1.29, 1.82) is 0 Å². The number of aliphatic hydroxyl groups is 11. The van der Waals surface area contributed by atoms with Crippen LogP contribution in [0.5, 0.6) is 0 Å². The molecule has 9 unspecified atom stereocenters. The lowest BCUT2D eigenvalue weighted by atomic mass is 9.32. The van der Waals surface area contributed by atoms with Crippen molar-refractivity contribution in [1.82, 2.24) is 0 Å². The third-order valence-corrected chi connectivity index (χ3v) is 22.2. The van der Waals surface area contributed by atoms with Crippen LogP contribution in [0.15, 0.2) is 23.3 Å². The van der Waals surface area contributed by atoms with Crippen LogP contribution in [-0.4, -0.2) is 217 Å². The maximum Gasteiger partial charge on any atom is 0.335 e. The molecule has 3 aliphatic heterocycles. The van der Waals surface area contributed by atoms with Crippen molar-refractivity contribution in [2.24, 2.45) is 62.1 Å². The number of rotatable bonds is 14. The molecule has 3 saturated heterocycles. The van der Waals surface area contributed by atoms with Crippen LogP contribution in [0.25, 0.3) is 0 Å². The monoisotopic (exact) mass is 1170 g/mol. The summed E-state index contributed by atoms with van der Waals surface area (Å²) in [5.74, 6) is -1.75. The van der Waals surface area contributed by atoms with Gasteiger partial charge in [-0.25, -0.2) is 9.59 Å². The van der Waals surface area contributed by atoms with Crippen molar-refractivity contribution >= 4 is 17.9 Å². The number of carboxylic acids is 1. The number of fused-ring (bicyclic) bond motifs is 7. The SMILES string of the molecule is C/C=C(/C)C(=O)O[C@H]1[C@H](O)[C@@]2(COC(=O)C(C)CC)C(CC1(C)C)C1=CCC3[C@@]4(C)CC[C@H](C)C(C)(C)C4CC[C@@]3(C)[C@]1(C)[C@@H](O)[C@H]2O.CO[C@@H]1OC(C(=O)O)[C@@H](O)[C@@H](O[C@@H]2O[C@@H](CO)[C@@H](O)C2O)C1O[C@@H]1OC(CO)[C@H](O)[C@@H](O)C1O. The Labute approximate surface area is 480 Å². The molecule has 23 nitrogen and oxygen atoms in total. The molecule has 27 atom stereocenters. The Morgan fingerprint density at radius 3 is 1.87 bits per heavy atom. The van der Waals surface area contributed by atoms with Crippen molar-refractivity contribution < 1.29 is 114 Å². The molecule has 0 aromatic heterocycles. The molecule has 7 fully saturated rings. The second-order valence-corrected chi connectivity index (χ2v) is 26.9. The summed E-state index contributed by atoms with van der Waals surface area (Å²) in [5.41, 5.74) is -1.43. The number of allylic oxidation sites excluding steroid dienone is 2. The molecule has 5 aliphatic carbocycles. The predicted molar refractivity (Wildman–Crippen MR) is 288 cm³/mol. The number of carboxylic acid groups (broad SMARTS) is 1. The Bertz CT molecular complexity index is 2330. The van der Waals surface area contributed by atoms with E-state index in [1.54, 1.807) is 26.8 Å². The normalized spacial score (nSPS) is 48.1. The Kier molecular flexibility index (Phi) is 20.2. The minimum atomic E-state index is -1.97. The number of hydrogen-bond donors (Lipinski definition) is 12. The molecule has 8 aliphatic rings. The van der Waals surface area contributed by atoms with Gasteiger partial charge in [-0.15, -0.1) is 0 Å². The van der Waals surface area contributed by atoms with Crippen LogP contribution < -0.4 is 0 Å². The number of esters is 2. The molecule has 82 heavy (non-hydrogen) atoms. The van der Waals surface area contributed by atoms with E-state index in [0.717, 1.165) is 38.4 Å². The number of aliphatic carboxylic acids is 1. The molecule has 0 bridgehead atoms. The van der Waals surface area contributed by atoms with Crippen LogP contribution in [-0.2, 0) is 52.3 Å². The molecule has 0 aromatic carbocycles. The number of methoxy groups -OCH3 is 1. The van der Waals surface area contributed by atoms with Crippen molar-refractivity contribution in [3.05, 3.63) is 23.3 Å². The summed E-state index contributed by atoms with van der Waals surface area (Å²) in [6.07, 6.45) is -18.0. The van der Waals surface area contributed by atoms with E-state index in [9.17, 15) is 75.7 Å². The van der Waals surface area contributed by atoms with Gasteiger partial charge in [0.15, 0.2) is 25.0 Å². The van der Waals surface area contributed by atoms with Gasteiger partial charge in [-0.1, -0.05) is 87.0 Å². The predicted octanol–water partition coefficient (Wildman–Crippen LogP) is 1.23. The smallest absolute Gasteiger partial charge is 0.335 e. The minimum Gasteiger partial charge on any atom is -0.479 e. The Balaban J connectivity index is 0.000000251. The number of hydrogen-bond acceptors (Lipinski definition) is 22. The van der Waals surface area contributed by atoms with Gasteiger partial charge in [0, 0.05) is 23.5 Å². The summed E-state index contributed by atoms with van der Waals surface area (Å²) in [4.78, 5) is 37.9. The summed E-state index contributed by atoms with van der Waals surface area (Å²) in [6, 6.07) is 0. The molecule has 470 valence electrons. The summed E-state index contributed by atoms with van der Waals surface area (Å²) in [5, 5.41) is 127. The lowest BCUT2D eigenvalue weighted by molar-refractivity contribution is -0.374. The number of aliphatic hydroxyl groups excluding tert-OH is 11. The van der Waals surface area contributed by atoms with Gasteiger partial charge in [0.2, 0.25) is 0 Å². The lowest BCUT2D eigenvalue weighted by Gasteiger charge is -2.73. The Morgan fingerprint density at radius 2 is 1.32 bits per heavy atom. The first-order chi connectivity index (χ1) is 38.2. The standard InChI is InChI=1S/C41H66O7.C18H30O16/c1-13-23(3)34(45)47-22-41-27(21-36(6,7)33(32(41)44)48-35(46)24(4)14-2)26-15-16-29-38(10)19-17-25(5)37(8,9)28(38)18-20-39(29,11)40(26,12)30(42)31(41)43;1-29-18-14(34-17-10(25)8(23)6(21)4(2-19)30-17)12(11(26)13(33-18)15(27)28)32-16-9(24)7(22)5(3-20)31-16/h14-15,23,25,27-33,42-44H,13,16-22H2,1-12H3;4-14,16-26H,2-3H2,1H3,(H,27,28)/b24-14-;/t23?,25-,27?,28?,29?,30-,31+,32-,33-,38-,39+,40-,41-;4?,5-,6-,7+,8+,9?,10?,11-,12+,13?,14?,16-,17-,18+/m00/s1. The van der Waals surface area contributed by atoms with Crippen molar-refractivity contribution in [2.45, 2.75) is 238 Å². The highest BCUT2D eigenvalue weighted by molar-refractivity contribution is 5.87. The number of carbonyl (C=O) groups excluding carboxylic acids is 2. The highest BCUT2D eigenvalue weighted by Crippen LogP contribution is 2.76. The quantitative estimate of drug-likeness (QED) is 0.0661. The van der Waals surface area contributed by atoms with E-state index in [1.807, 2.05) is 20.8 Å². The first-order valence-electron chi connectivity index (χ1n) is 29.3. The van der Waals surface area contributed by atoms with E-state index < -0.39 is 164 Å². The van der Waals surface area contributed by atoms with Gasteiger partial charge < -0.3 is 99.2 Å². The van der Waals surface area contributed by atoms with Crippen LogP contribution in [0.1, 0.15) is 128 Å². The largest absolute Gasteiger partial charge is 0.479 e. The van der Waals surface area contributed by atoms with Gasteiger partial charge in [0.1, 0.15) is 79.9 Å². The zero-order chi connectivity index (χ0) is 61.3. The molecule has 0 radical (unpaired) electrons. The maximum absolute atomic E-state index is 13.2. The molecule has 4 saturated carbocycles. The maximum atomic E-state index is 13.2. The first-order valence-corrected chi connectivity index (χ1v) is 29.3. The van der Waals surface area contributed by atoms with Gasteiger partial charge in [0.25, 0.3) is 0 Å². The molecule has 0 aromatic rings. The van der Waals surface area contributed by atoms with Gasteiger partial charge >= 0.3 is 17.9 Å². The molecule has 12 N–H and O–H groups in total. The van der Waals surface area contributed by atoms with Gasteiger partial charge in [-0.2, -0.15) is 0 Å². The average molecular weight is 1170 g/mol. The Hall–Kier alpha value is -2.79. The van der Waals surface area contributed by atoms with Gasteiger partial charge in [0.05, 0.1) is 36.8 Å². The fourth-order valence-corrected chi connectivity index (χ4v) is 16.1. The zero-order valence-electron chi connectivity index (χ0n) is 49.9. The number of carbonyl (C=O) groups is 3. The van der Waals surface area contributed by atoms with Crippen LogP contribution in [0.4, 0.5) is 0 Å². The molecule has 3 heterocycles. The van der Waals surface area contributed by atoms with E-state index in [0.29, 0.717) is 36.2 Å². The Morgan fingerprint density at radius 1 is 0.744 bits per heavy atom. The highest BCUT2D eigenvalue weighted by Gasteiger charge is 2.76. The molecule has 8 rings (SSSR count). The van der Waals surface area contributed by atoms with E-state index >= 15 is 0 Å². The minimum absolute atomic E-state index is 0.0916. The van der Waals surface area contributed by atoms with Crippen molar-refractivity contribution in [2.75, 3.05) is 26.9 Å². The molecular formula is C59H96O23. The topological polar surface area (TPSA) is 368 Å². The van der Waals surface area contributed by atoms with E-state index in [2.05, 4.69) is 47.6 Å².